The van der Waals surface area contributed by atoms with Crippen molar-refractivity contribution in [3.05, 3.63) is 55.5 Å². The van der Waals surface area contributed by atoms with Crippen LogP contribution in [0.4, 0.5) is 11.4 Å². The second-order valence-corrected chi connectivity index (χ2v) is 4.97. The summed E-state index contributed by atoms with van der Waals surface area (Å²) in [6.45, 7) is 0. The van der Waals surface area contributed by atoms with E-state index in [4.69, 9.17) is 45.3 Å². The van der Waals surface area contributed by atoms with Crippen LogP contribution in [0, 0.1) is 10.1 Å². The smallest absolute Gasteiger partial charge is 0.334 e. The first-order valence-corrected chi connectivity index (χ1v) is 6.39. The summed E-state index contributed by atoms with van der Waals surface area (Å²) in [5, 5.41) is 11.7. The summed E-state index contributed by atoms with van der Waals surface area (Å²) in [6.07, 6.45) is 0. The second kappa shape index (κ2) is 5.75. The molecule has 0 aliphatic carbocycles. The quantitative estimate of drug-likeness (QED) is 0.374. The molecule has 2 aromatic carbocycles. The van der Waals surface area contributed by atoms with Crippen LogP contribution in [0.5, 0.6) is 11.5 Å². The zero-order valence-corrected chi connectivity index (χ0v) is 12.0. The average molecular weight is 334 g/mol. The first-order valence-electron chi connectivity index (χ1n) is 5.25. The van der Waals surface area contributed by atoms with Gasteiger partial charge in [-0.15, -0.1) is 0 Å². The number of nitrogens with zero attached hydrogens (tertiary/aromatic N) is 1. The lowest BCUT2D eigenvalue weighted by atomic mass is 10.2. The molecule has 0 amide bonds. The van der Waals surface area contributed by atoms with Gasteiger partial charge in [0.25, 0.3) is 0 Å². The topological polar surface area (TPSA) is 78.4 Å². The lowest BCUT2D eigenvalue weighted by molar-refractivity contribution is -0.384. The van der Waals surface area contributed by atoms with Crippen LogP contribution < -0.4 is 10.5 Å². The molecule has 0 radical (unpaired) electrons. The second-order valence-electron chi connectivity index (χ2n) is 3.75. The van der Waals surface area contributed by atoms with E-state index < -0.39 is 4.92 Å². The Kier molecular flexibility index (Phi) is 4.23. The van der Waals surface area contributed by atoms with Gasteiger partial charge in [0.15, 0.2) is 0 Å². The molecular formula is C12H7Cl3N2O3. The van der Waals surface area contributed by atoms with Crippen LogP contribution in [-0.4, -0.2) is 4.92 Å². The van der Waals surface area contributed by atoms with Crippen LogP contribution in [0.1, 0.15) is 0 Å². The Balaban J connectivity index is 2.48. The normalized spacial score (nSPS) is 10.3. The fourth-order valence-corrected chi connectivity index (χ4v) is 2.09. The monoisotopic (exact) mass is 332 g/mol. The minimum absolute atomic E-state index is 0.0105. The molecule has 0 fully saturated rings. The third kappa shape index (κ3) is 2.90. The molecule has 0 bridgehead atoms. The van der Waals surface area contributed by atoms with Gasteiger partial charge < -0.3 is 10.5 Å². The Bertz CT molecular complexity index is 692. The molecule has 0 unspecified atom stereocenters. The van der Waals surface area contributed by atoms with Crippen molar-refractivity contribution in [3.8, 4) is 11.5 Å². The number of nitrogens with two attached hydrogens (primary N) is 1. The van der Waals surface area contributed by atoms with Gasteiger partial charge in [-0.3, -0.25) is 10.1 Å². The number of ether oxygens (including phenoxy) is 1. The Morgan fingerprint density at radius 1 is 1.05 bits per heavy atom. The van der Waals surface area contributed by atoms with Crippen molar-refractivity contribution in [1.82, 2.24) is 0 Å². The SMILES string of the molecule is Nc1cccc(Oc2cc(Cl)c(Cl)cc2Cl)c1[N+](=O)[O-]. The van der Waals surface area contributed by atoms with Crippen LogP contribution in [0.3, 0.4) is 0 Å². The molecule has 0 aliphatic rings. The zero-order valence-electron chi connectivity index (χ0n) is 9.77. The zero-order chi connectivity index (χ0) is 14.9. The first-order chi connectivity index (χ1) is 9.40. The number of rotatable bonds is 3. The van der Waals surface area contributed by atoms with Crippen molar-refractivity contribution in [2.24, 2.45) is 0 Å². The molecule has 0 heterocycles. The van der Waals surface area contributed by atoms with Crippen molar-refractivity contribution in [3.63, 3.8) is 0 Å². The molecule has 0 saturated carbocycles. The van der Waals surface area contributed by atoms with Gasteiger partial charge in [0, 0.05) is 6.07 Å². The van der Waals surface area contributed by atoms with Crippen molar-refractivity contribution in [2.45, 2.75) is 0 Å². The largest absolute Gasteiger partial charge is 0.448 e. The maximum Gasteiger partial charge on any atom is 0.334 e. The highest BCUT2D eigenvalue weighted by Gasteiger charge is 2.20. The Labute approximate surface area is 129 Å². The van der Waals surface area contributed by atoms with Crippen molar-refractivity contribution in [1.29, 1.82) is 0 Å². The van der Waals surface area contributed by atoms with E-state index in [9.17, 15) is 10.1 Å². The Hall–Kier alpha value is -1.69. The fourth-order valence-electron chi connectivity index (χ4n) is 1.52. The first kappa shape index (κ1) is 14.7. The van der Waals surface area contributed by atoms with Crippen molar-refractivity contribution in [2.75, 3.05) is 5.73 Å². The van der Waals surface area contributed by atoms with E-state index in [0.717, 1.165) is 0 Å². The highest BCUT2D eigenvalue weighted by Crippen LogP contribution is 2.40. The summed E-state index contributed by atoms with van der Waals surface area (Å²) < 4.78 is 5.42. The molecule has 0 spiro atoms. The molecule has 2 N–H and O–H groups in total. The number of nitro groups is 1. The number of nitro benzene ring substituents is 1. The van der Waals surface area contributed by atoms with Gasteiger partial charge in [0.1, 0.15) is 11.4 Å². The molecule has 20 heavy (non-hydrogen) atoms. The number of hydrogen-bond acceptors (Lipinski definition) is 4. The van der Waals surface area contributed by atoms with Crippen LogP contribution in [0.2, 0.25) is 15.1 Å². The fraction of sp³-hybridized carbons (Fsp3) is 0. The minimum atomic E-state index is -0.629. The number of anilines is 1. The van der Waals surface area contributed by atoms with Gasteiger partial charge in [0.05, 0.1) is 20.0 Å². The number of hydrogen-bond donors (Lipinski definition) is 1. The Morgan fingerprint density at radius 2 is 1.70 bits per heavy atom. The predicted molar refractivity (Wildman–Crippen MR) is 79.1 cm³/mol. The highest BCUT2D eigenvalue weighted by atomic mass is 35.5. The average Bonchev–Trinajstić information content (AvgIpc) is 2.35. The summed E-state index contributed by atoms with van der Waals surface area (Å²) in [5.74, 6) is 0.116. The number of halogens is 3. The van der Waals surface area contributed by atoms with Crippen molar-refractivity contribution >= 4 is 46.2 Å². The lowest BCUT2D eigenvalue weighted by Crippen LogP contribution is -1.98. The summed E-state index contributed by atoms with van der Waals surface area (Å²) in [6, 6.07) is 7.11. The predicted octanol–water partition coefficient (Wildman–Crippen LogP) is 4.93. The standard InChI is InChI=1S/C12H7Cl3N2O3/c13-6-4-8(15)11(5-7(6)14)20-10-3-1-2-9(16)12(10)17(18)19/h1-5H,16H2. The van der Waals surface area contributed by atoms with E-state index in [2.05, 4.69) is 0 Å². The molecule has 0 aromatic heterocycles. The van der Waals surface area contributed by atoms with Crippen molar-refractivity contribution < 1.29 is 9.66 Å². The van der Waals surface area contributed by atoms with E-state index in [0.29, 0.717) is 0 Å². The van der Waals surface area contributed by atoms with E-state index in [1.165, 1.54) is 30.3 Å². The third-order valence-electron chi connectivity index (χ3n) is 2.41. The van der Waals surface area contributed by atoms with Gasteiger partial charge in [-0.05, 0) is 18.2 Å². The number of benzene rings is 2. The summed E-state index contributed by atoms with van der Waals surface area (Å²) >= 11 is 17.6. The van der Waals surface area contributed by atoms with Gasteiger partial charge in [-0.25, -0.2) is 0 Å². The van der Waals surface area contributed by atoms with Gasteiger partial charge >= 0.3 is 5.69 Å². The van der Waals surface area contributed by atoms with Gasteiger partial charge in [0.2, 0.25) is 5.75 Å². The van der Waals surface area contributed by atoms with E-state index in [-0.39, 0.29) is 37.9 Å². The molecular weight excluding hydrogens is 327 g/mol. The van der Waals surface area contributed by atoms with E-state index >= 15 is 0 Å². The van der Waals surface area contributed by atoms with E-state index in [1.54, 1.807) is 0 Å². The number of nitrogen functional groups attached to an aromatic ring is 1. The maximum absolute atomic E-state index is 11.0. The van der Waals surface area contributed by atoms with Gasteiger partial charge in [-0.2, -0.15) is 0 Å². The van der Waals surface area contributed by atoms with Crippen LogP contribution in [-0.2, 0) is 0 Å². The highest BCUT2D eigenvalue weighted by molar-refractivity contribution is 6.43. The molecule has 8 heteroatoms. The molecule has 0 saturated heterocycles. The minimum Gasteiger partial charge on any atom is -0.448 e. The molecule has 104 valence electrons. The van der Waals surface area contributed by atoms with Crippen LogP contribution in [0.25, 0.3) is 0 Å². The molecule has 5 nitrogen and oxygen atoms in total. The Morgan fingerprint density at radius 3 is 2.35 bits per heavy atom. The van der Waals surface area contributed by atoms with Crippen LogP contribution in [0.15, 0.2) is 30.3 Å². The van der Waals surface area contributed by atoms with E-state index in [1.807, 2.05) is 0 Å². The van der Waals surface area contributed by atoms with Crippen LogP contribution >= 0.6 is 34.8 Å². The van der Waals surface area contributed by atoms with Gasteiger partial charge in [-0.1, -0.05) is 40.9 Å². The summed E-state index contributed by atoms with van der Waals surface area (Å²) in [5.41, 5.74) is 5.22. The number of para-hydroxylation sites is 1. The summed E-state index contributed by atoms with van der Waals surface area (Å²) in [4.78, 5) is 10.4. The summed E-state index contributed by atoms with van der Waals surface area (Å²) in [7, 11) is 0. The lowest BCUT2D eigenvalue weighted by Gasteiger charge is -2.10. The molecule has 2 aromatic rings. The molecule has 2 rings (SSSR count). The molecule has 0 aliphatic heterocycles. The third-order valence-corrected chi connectivity index (χ3v) is 3.43. The molecule has 0 atom stereocenters. The maximum atomic E-state index is 11.0.